The van der Waals surface area contributed by atoms with E-state index >= 15 is 0 Å². The van der Waals surface area contributed by atoms with Gasteiger partial charge in [-0.2, -0.15) is 0 Å². The molecular weight excluding hydrogens is 382 g/mol. The molecule has 1 N–H and O–H groups in total. The number of hydrogen-bond donors (Lipinski definition) is 1. The number of carbonyl (C=O) groups excluding carboxylic acids is 2. The van der Waals surface area contributed by atoms with Crippen LogP contribution >= 0.6 is 0 Å². The first kappa shape index (κ1) is 19.0. The second-order valence-corrected chi connectivity index (χ2v) is 8.96. The van der Waals surface area contributed by atoms with Crippen molar-refractivity contribution in [1.29, 1.82) is 0 Å². The number of furan rings is 2. The van der Waals surface area contributed by atoms with Crippen molar-refractivity contribution in [3.8, 4) is 0 Å². The lowest BCUT2D eigenvalue weighted by atomic mass is 9.86. The van der Waals surface area contributed by atoms with Gasteiger partial charge in [0.25, 0.3) is 5.91 Å². The van der Waals surface area contributed by atoms with E-state index in [-0.39, 0.29) is 24.4 Å². The van der Waals surface area contributed by atoms with E-state index in [1.165, 1.54) is 0 Å². The first-order valence-electron chi connectivity index (χ1n) is 10.7. The highest BCUT2D eigenvalue weighted by Gasteiger charge is 2.48. The second kappa shape index (κ2) is 7.07. The number of carbonyl (C=O) groups is 2. The molecular formula is C23H27N3O4. The normalized spacial score (nSPS) is 26.7. The Kier molecular flexibility index (Phi) is 4.49. The van der Waals surface area contributed by atoms with E-state index in [1.54, 1.807) is 29.6 Å². The van der Waals surface area contributed by atoms with Crippen molar-refractivity contribution in [3.63, 3.8) is 0 Å². The Morgan fingerprint density at radius 3 is 2.73 bits per heavy atom. The maximum Gasteiger partial charge on any atom is 0.272 e. The fourth-order valence-corrected chi connectivity index (χ4v) is 4.82. The second-order valence-electron chi connectivity index (χ2n) is 8.96. The molecule has 158 valence electrons. The van der Waals surface area contributed by atoms with E-state index in [2.05, 4.69) is 12.2 Å². The molecule has 1 aliphatic heterocycles. The van der Waals surface area contributed by atoms with Gasteiger partial charge in [-0.05, 0) is 50.7 Å². The highest BCUT2D eigenvalue weighted by molar-refractivity contribution is 6.02. The Balaban J connectivity index is 1.50. The average molecular weight is 409 g/mol. The summed E-state index contributed by atoms with van der Waals surface area (Å²) in [6.07, 6.45) is 7.40. The molecule has 7 heteroatoms. The summed E-state index contributed by atoms with van der Waals surface area (Å²) in [7, 11) is 0. The molecule has 0 bridgehead atoms. The number of rotatable bonds is 4. The molecule has 3 aromatic heterocycles. The summed E-state index contributed by atoms with van der Waals surface area (Å²) < 4.78 is 12.9. The summed E-state index contributed by atoms with van der Waals surface area (Å²) in [5.74, 6) is 1.05. The van der Waals surface area contributed by atoms with E-state index in [0.717, 1.165) is 31.2 Å². The van der Waals surface area contributed by atoms with Gasteiger partial charge in [0, 0.05) is 18.2 Å². The maximum atomic E-state index is 13.6. The lowest BCUT2D eigenvalue weighted by molar-refractivity contribution is -0.134. The van der Waals surface area contributed by atoms with Crippen LogP contribution in [0, 0.1) is 5.92 Å². The van der Waals surface area contributed by atoms with E-state index < -0.39 is 5.54 Å². The predicted molar refractivity (Wildman–Crippen MR) is 111 cm³/mol. The largest absolute Gasteiger partial charge is 0.467 e. The van der Waals surface area contributed by atoms with Gasteiger partial charge in [0.2, 0.25) is 5.91 Å². The lowest BCUT2D eigenvalue weighted by Crippen LogP contribution is -2.64. The van der Waals surface area contributed by atoms with Crippen molar-refractivity contribution in [2.24, 2.45) is 5.92 Å². The van der Waals surface area contributed by atoms with Gasteiger partial charge in [-0.1, -0.05) is 6.92 Å². The molecule has 5 rings (SSSR count). The molecule has 7 nitrogen and oxygen atoms in total. The molecule has 2 aliphatic rings. The van der Waals surface area contributed by atoms with Crippen LogP contribution in [-0.4, -0.2) is 32.9 Å². The monoisotopic (exact) mass is 409 g/mol. The molecule has 0 unspecified atom stereocenters. The SMILES string of the molecule is CC1CCC(NC(=O)[C@@]2(C)Cn3c(cc4occc43)C(=O)N2Cc2ccco2)CC1. The van der Waals surface area contributed by atoms with E-state index in [9.17, 15) is 9.59 Å². The summed E-state index contributed by atoms with van der Waals surface area (Å²) in [5, 5.41) is 3.24. The highest BCUT2D eigenvalue weighted by atomic mass is 16.3. The smallest absolute Gasteiger partial charge is 0.272 e. The summed E-state index contributed by atoms with van der Waals surface area (Å²) >= 11 is 0. The van der Waals surface area contributed by atoms with Crippen molar-refractivity contribution >= 4 is 22.9 Å². The summed E-state index contributed by atoms with van der Waals surface area (Å²) in [6, 6.07) is 7.38. The minimum absolute atomic E-state index is 0.113. The van der Waals surface area contributed by atoms with Crippen molar-refractivity contribution in [2.75, 3.05) is 0 Å². The molecule has 0 radical (unpaired) electrons. The Hall–Kier alpha value is -2.96. The third-order valence-corrected chi connectivity index (χ3v) is 6.78. The van der Waals surface area contributed by atoms with Gasteiger partial charge in [0.1, 0.15) is 17.0 Å². The zero-order valence-electron chi connectivity index (χ0n) is 17.4. The number of nitrogens with zero attached hydrogens (tertiary/aromatic N) is 2. The molecule has 0 spiro atoms. The summed E-state index contributed by atoms with van der Waals surface area (Å²) in [6.45, 7) is 4.72. The minimum atomic E-state index is -1.04. The van der Waals surface area contributed by atoms with Crippen LogP contribution < -0.4 is 5.32 Å². The summed E-state index contributed by atoms with van der Waals surface area (Å²) in [5.41, 5.74) is 0.986. The van der Waals surface area contributed by atoms with Crippen LogP contribution in [0.2, 0.25) is 0 Å². The van der Waals surface area contributed by atoms with Crippen molar-refractivity contribution in [1.82, 2.24) is 14.8 Å². The van der Waals surface area contributed by atoms with Gasteiger partial charge >= 0.3 is 0 Å². The lowest BCUT2D eigenvalue weighted by Gasteiger charge is -2.44. The standard InChI is InChI=1S/C23H27N3O4/c1-15-5-7-16(8-6-15)24-22(28)23(2)14-25-18-9-11-30-20(18)12-19(25)21(27)26(23)13-17-4-3-10-29-17/h3-4,9-12,15-16H,5-8,13-14H2,1-2H3,(H,24,28)/t15?,16?,23-/m1/s1. The molecule has 0 saturated heterocycles. The predicted octanol–water partition coefficient (Wildman–Crippen LogP) is 3.94. The molecule has 3 aromatic rings. The van der Waals surface area contributed by atoms with E-state index in [0.29, 0.717) is 29.5 Å². The summed E-state index contributed by atoms with van der Waals surface area (Å²) in [4.78, 5) is 28.7. The molecule has 2 amide bonds. The zero-order chi connectivity index (χ0) is 20.9. The van der Waals surface area contributed by atoms with Crippen LogP contribution in [0.15, 0.2) is 45.6 Å². The van der Waals surface area contributed by atoms with Gasteiger partial charge in [-0.25, -0.2) is 0 Å². The number of aromatic nitrogens is 1. The number of hydrogen-bond acceptors (Lipinski definition) is 4. The molecule has 1 aliphatic carbocycles. The average Bonchev–Trinajstić information content (AvgIpc) is 3.45. The maximum absolute atomic E-state index is 13.6. The van der Waals surface area contributed by atoms with Crippen LogP contribution in [0.5, 0.6) is 0 Å². The molecule has 1 fully saturated rings. The van der Waals surface area contributed by atoms with E-state index in [1.807, 2.05) is 23.6 Å². The third-order valence-electron chi connectivity index (χ3n) is 6.78. The fraction of sp³-hybridized carbons (Fsp3) is 0.478. The Labute approximate surface area is 175 Å². The van der Waals surface area contributed by atoms with Crippen LogP contribution in [0.25, 0.3) is 11.1 Å². The topological polar surface area (TPSA) is 80.6 Å². The van der Waals surface area contributed by atoms with E-state index in [4.69, 9.17) is 8.83 Å². The van der Waals surface area contributed by atoms with Crippen molar-refractivity contribution < 1.29 is 18.4 Å². The molecule has 30 heavy (non-hydrogen) atoms. The van der Waals surface area contributed by atoms with Gasteiger partial charge in [0.05, 0.1) is 31.1 Å². The van der Waals surface area contributed by atoms with Gasteiger partial charge < -0.3 is 23.6 Å². The first-order valence-corrected chi connectivity index (χ1v) is 10.7. The highest BCUT2D eigenvalue weighted by Crippen LogP contribution is 2.34. The Bertz CT molecular complexity index is 1070. The molecule has 0 aromatic carbocycles. The Morgan fingerprint density at radius 1 is 1.20 bits per heavy atom. The van der Waals surface area contributed by atoms with Gasteiger partial charge in [0.15, 0.2) is 5.58 Å². The van der Waals surface area contributed by atoms with Crippen molar-refractivity contribution in [2.45, 2.75) is 64.2 Å². The molecule has 4 heterocycles. The van der Waals surface area contributed by atoms with Crippen molar-refractivity contribution in [3.05, 3.63) is 48.2 Å². The third kappa shape index (κ3) is 3.04. The quantitative estimate of drug-likeness (QED) is 0.708. The minimum Gasteiger partial charge on any atom is -0.467 e. The number of nitrogens with one attached hydrogen (secondary N) is 1. The number of fused-ring (bicyclic) bond motifs is 3. The molecule has 1 saturated carbocycles. The van der Waals surface area contributed by atoms with Crippen LogP contribution in [0.1, 0.15) is 55.8 Å². The van der Waals surface area contributed by atoms with Crippen LogP contribution in [0.3, 0.4) is 0 Å². The fourth-order valence-electron chi connectivity index (χ4n) is 4.82. The van der Waals surface area contributed by atoms with Crippen LogP contribution in [0.4, 0.5) is 0 Å². The Morgan fingerprint density at radius 2 is 2.00 bits per heavy atom. The van der Waals surface area contributed by atoms with Crippen LogP contribution in [-0.2, 0) is 17.9 Å². The van der Waals surface area contributed by atoms with Gasteiger partial charge in [-0.3, -0.25) is 9.59 Å². The first-order chi connectivity index (χ1) is 14.5. The molecule has 1 atom stereocenters. The number of amides is 2. The zero-order valence-corrected chi connectivity index (χ0v) is 17.4. The van der Waals surface area contributed by atoms with Gasteiger partial charge in [-0.15, -0.1) is 0 Å².